The fraction of sp³-hybridized carbons (Fsp3) is 0.647. The van der Waals surface area contributed by atoms with E-state index in [0.717, 1.165) is 25.9 Å². The van der Waals surface area contributed by atoms with Crippen molar-refractivity contribution in [3.63, 3.8) is 0 Å². The van der Waals surface area contributed by atoms with Crippen LogP contribution in [0.25, 0.3) is 0 Å². The maximum atomic E-state index is 6.03. The van der Waals surface area contributed by atoms with Crippen molar-refractivity contribution in [1.29, 1.82) is 0 Å². The molecule has 1 atom stereocenters. The smallest absolute Gasteiger partial charge is 0.0393 e. The van der Waals surface area contributed by atoms with Gasteiger partial charge in [0.1, 0.15) is 0 Å². The first kappa shape index (κ1) is 17.0. The van der Waals surface area contributed by atoms with Crippen molar-refractivity contribution in [2.45, 2.75) is 39.2 Å². The topological polar surface area (TPSA) is 32.5 Å². The molecule has 1 aromatic carbocycles. The van der Waals surface area contributed by atoms with Crippen LogP contribution >= 0.6 is 0 Å². The van der Waals surface area contributed by atoms with Crippen LogP contribution < -0.4 is 10.6 Å². The number of rotatable bonds is 8. The lowest BCUT2D eigenvalue weighted by Crippen LogP contribution is -2.24. The summed E-state index contributed by atoms with van der Waals surface area (Å²) in [6.45, 7) is 6.56. The van der Waals surface area contributed by atoms with Crippen LogP contribution in [0.4, 0.5) is 5.69 Å². The van der Waals surface area contributed by atoms with Crippen LogP contribution in [0.1, 0.15) is 30.9 Å². The Bertz CT molecular complexity index is 401. The number of hydrogen-bond donors (Lipinski definition) is 1. The van der Waals surface area contributed by atoms with Crippen molar-refractivity contribution in [3.8, 4) is 0 Å². The summed E-state index contributed by atoms with van der Waals surface area (Å²) >= 11 is 0. The minimum absolute atomic E-state index is 0.276. The molecule has 0 aliphatic carbocycles. The highest BCUT2D eigenvalue weighted by Gasteiger charge is 2.07. The molecule has 1 aromatic rings. The Balaban J connectivity index is 2.62. The number of nitrogens with zero attached hydrogens (tertiary/aromatic N) is 2. The van der Waals surface area contributed by atoms with Crippen molar-refractivity contribution >= 4 is 5.69 Å². The molecule has 0 heterocycles. The summed E-state index contributed by atoms with van der Waals surface area (Å²) in [5.41, 5.74) is 10.1. The van der Waals surface area contributed by atoms with Gasteiger partial charge in [-0.15, -0.1) is 0 Å². The Kier molecular flexibility index (Phi) is 7.03. The zero-order valence-electron chi connectivity index (χ0n) is 13.8. The molecule has 2 N–H and O–H groups in total. The van der Waals surface area contributed by atoms with Crippen LogP contribution in [0.3, 0.4) is 0 Å². The van der Waals surface area contributed by atoms with Gasteiger partial charge in [0.05, 0.1) is 0 Å². The van der Waals surface area contributed by atoms with Crippen molar-refractivity contribution in [2.24, 2.45) is 5.73 Å². The molecule has 0 amide bonds. The lowest BCUT2D eigenvalue weighted by atomic mass is 10.0. The summed E-state index contributed by atoms with van der Waals surface area (Å²) in [4.78, 5) is 4.58. The van der Waals surface area contributed by atoms with E-state index < -0.39 is 0 Å². The van der Waals surface area contributed by atoms with Gasteiger partial charge in [0.15, 0.2) is 0 Å². The van der Waals surface area contributed by atoms with Crippen LogP contribution in [-0.2, 0) is 6.42 Å². The second-order valence-corrected chi connectivity index (χ2v) is 6.07. The highest BCUT2D eigenvalue weighted by Crippen LogP contribution is 2.21. The summed E-state index contributed by atoms with van der Waals surface area (Å²) in [5.74, 6) is 0. The zero-order chi connectivity index (χ0) is 15.1. The molecule has 1 rings (SSSR count). The molecule has 0 bridgehead atoms. The molecule has 3 nitrogen and oxygen atoms in total. The van der Waals surface area contributed by atoms with Gasteiger partial charge in [0.2, 0.25) is 0 Å². The maximum absolute atomic E-state index is 6.03. The number of anilines is 1. The molecule has 0 aliphatic heterocycles. The molecule has 3 heteroatoms. The SMILES string of the molecule is CCC(N)Cc1ccc(N(C)CCCN(C)C)c(C)c1. The summed E-state index contributed by atoms with van der Waals surface area (Å²) in [5, 5.41) is 0. The van der Waals surface area contributed by atoms with E-state index in [-0.39, 0.29) is 6.04 Å². The maximum Gasteiger partial charge on any atom is 0.0393 e. The lowest BCUT2D eigenvalue weighted by molar-refractivity contribution is 0.401. The van der Waals surface area contributed by atoms with Crippen molar-refractivity contribution < 1.29 is 0 Å². The van der Waals surface area contributed by atoms with Gasteiger partial charge < -0.3 is 15.5 Å². The van der Waals surface area contributed by atoms with E-state index in [0.29, 0.717) is 0 Å². The normalized spacial score (nSPS) is 12.8. The van der Waals surface area contributed by atoms with Gasteiger partial charge in [0, 0.05) is 25.3 Å². The van der Waals surface area contributed by atoms with E-state index >= 15 is 0 Å². The molecule has 0 fully saturated rings. The molecule has 0 aliphatic rings. The minimum Gasteiger partial charge on any atom is -0.374 e. The van der Waals surface area contributed by atoms with E-state index in [1.165, 1.54) is 23.2 Å². The van der Waals surface area contributed by atoms with Crippen molar-refractivity contribution in [3.05, 3.63) is 29.3 Å². The molecule has 20 heavy (non-hydrogen) atoms. The van der Waals surface area contributed by atoms with Gasteiger partial charge in [-0.25, -0.2) is 0 Å². The molecule has 0 spiro atoms. The van der Waals surface area contributed by atoms with Gasteiger partial charge in [-0.2, -0.15) is 0 Å². The summed E-state index contributed by atoms with van der Waals surface area (Å²) < 4.78 is 0. The highest BCUT2D eigenvalue weighted by atomic mass is 15.1. The Hall–Kier alpha value is -1.06. The summed E-state index contributed by atoms with van der Waals surface area (Å²) in [7, 11) is 6.42. The van der Waals surface area contributed by atoms with E-state index in [9.17, 15) is 0 Å². The molecular formula is C17H31N3. The molecule has 0 saturated carbocycles. The predicted octanol–water partition coefficient (Wildman–Crippen LogP) is 2.66. The van der Waals surface area contributed by atoms with Gasteiger partial charge in [-0.1, -0.05) is 19.1 Å². The quantitative estimate of drug-likeness (QED) is 0.793. The van der Waals surface area contributed by atoms with E-state index in [1.807, 2.05) is 0 Å². The molecular weight excluding hydrogens is 246 g/mol. The lowest BCUT2D eigenvalue weighted by Gasteiger charge is -2.23. The minimum atomic E-state index is 0.276. The van der Waals surface area contributed by atoms with Crippen LogP contribution in [-0.4, -0.2) is 45.2 Å². The first-order chi connectivity index (χ1) is 9.43. The van der Waals surface area contributed by atoms with Gasteiger partial charge in [-0.3, -0.25) is 0 Å². The average molecular weight is 277 g/mol. The van der Waals surface area contributed by atoms with Crippen LogP contribution in [0, 0.1) is 6.92 Å². The Morgan fingerprint density at radius 1 is 1.15 bits per heavy atom. The second-order valence-electron chi connectivity index (χ2n) is 6.07. The van der Waals surface area contributed by atoms with Crippen molar-refractivity contribution in [2.75, 3.05) is 39.1 Å². The third-order valence-electron chi connectivity index (χ3n) is 3.79. The highest BCUT2D eigenvalue weighted by molar-refractivity contribution is 5.54. The first-order valence-corrected chi connectivity index (χ1v) is 7.65. The van der Waals surface area contributed by atoms with E-state index in [1.54, 1.807) is 0 Å². The largest absolute Gasteiger partial charge is 0.374 e. The van der Waals surface area contributed by atoms with Gasteiger partial charge in [-0.05, 0) is 64.0 Å². The monoisotopic (exact) mass is 277 g/mol. The molecule has 0 saturated heterocycles. The summed E-state index contributed by atoms with van der Waals surface area (Å²) in [6, 6.07) is 7.02. The van der Waals surface area contributed by atoms with E-state index in [2.05, 4.69) is 63.0 Å². The molecule has 114 valence electrons. The van der Waals surface area contributed by atoms with Crippen molar-refractivity contribution in [1.82, 2.24) is 4.90 Å². The van der Waals surface area contributed by atoms with Gasteiger partial charge in [0.25, 0.3) is 0 Å². The van der Waals surface area contributed by atoms with Crippen LogP contribution in [0.2, 0.25) is 0 Å². The van der Waals surface area contributed by atoms with E-state index in [4.69, 9.17) is 5.73 Å². The third kappa shape index (κ3) is 5.51. The first-order valence-electron chi connectivity index (χ1n) is 7.65. The number of aryl methyl sites for hydroxylation is 1. The Morgan fingerprint density at radius 3 is 2.40 bits per heavy atom. The molecule has 1 unspecified atom stereocenters. The van der Waals surface area contributed by atoms with Gasteiger partial charge >= 0.3 is 0 Å². The number of benzene rings is 1. The standard InChI is InChI=1S/C17H31N3/c1-6-16(18)13-15-8-9-17(14(2)12-15)20(5)11-7-10-19(3)4/h8-9,12,16H,6-7,10-11,13,18H2,1-5H3. The Morgan fingerprint density at radius 2 is 1.85 bits per heavy atom. The van der Waals surface area contributed by atoms with Crippen LogP contribution in [0.15, 0.2) is 18.2 Å². The molecule has 0 aromatic heterocycles. The average Bonchev–Trinajstić information content (AvgIpc) is 2.38. The Labute approximate surface area is 124 Å². The predicted molar refractivity (Wildman–Crippen MR) is 89.6 cm³/mol. The zero-order valence-corrected chi connectivity index (χ0v) is 13.8. The second kappa shape index (κ2) is 8.28. The fourth-order valence-corrected chi connectivity index (χ4v) is 2.46. The van der Waals surface area contributed by atoms with Crippen LogP contribution in [0.5, 0.6) is 0 Å². The fourth-order valence-electron chi connectivity index (χ4n) is 2.46. The molecule has 0 radical (unpaired) electrons. The third-order valence-corrected chi connectivity index (χ3v) is 3.79. The number of nitrogens with two attached hydrogens (primary N) is 1. The number of hydrogen-bond acceptors (Lipinski definition) is 3. The summed E-state index contributed by atoms with van der Waals surface area (Å²) in [6.07, 6.45) is 3.19.